The number of nitro benzene ring substituents is 1. The third-order valence-electron chi connectivity index (χ3n) is 4.15. The molecule has 0 aromatic heterocycles. The van der Waals surface area contributed by atoms with Gasteiger partial charge in [-0.3, -0.25) is 19.8 Å². The van der Waals surface area contributed by atoms with Gasteiger partial charge in [0, 0.05) is 12.1 Å². The number of carbonyl (C=O) groups excluding carboxylic acids is 2. The van der Waals surface area contributed by atoms with Gasteiger partial charge in [-0.2, -0.15) is 0 Å². The van der Waals surface area contributed by atoms with Crippen LogP contribution in [-0.4, -0.2) is 38.7 Å². The number of ether oxygens (including phenoxy) is 1. The van der Waals surface area contributed by atoms with Crippen molar-refractivity contribution in [2.24, 2.45) is 4.99 Å². The Bertz CT molecular complexity index is 864. The Morgan fingerprint density at radius 2 is 2.19 bits per heavy atom. The summed E-state index contributed by atoms with van der Waals surface area (Å²) in [6.07, 6.45) is 0. The number of nitrogens with zero attached hydrogens (tertiary/aromatic N) is 3. The Hall–Kier alpha value is -2.68. The molecule has 0 saturated carbocycles. The highest BCUT2D eigenvalue weighted by atomic mass is 32.2. The molecule has 9 heteroatoms. The fourth-order valence-electron chi connectivity index (χ4n) is 3.00. The Morgan fingerprint density at radius 3 is 2.85 bits per heavy atom. The number of amides is 1. The highest BCUT2D eigenvalue weighted by Crippen LogP contribution is 2.43. The zero-order valence-corrected chi connectivity index (χ0v) is 15.3. The van der Waals surface area contributed by atoms with Crippen LogP contribution in [0.3, 0.4) is 0 Å². The van der Waals surface area contributed by atoms with Crippen LogP contribution in [0.1, 0.15) is 32.4 Å². The molecule has 0 bridgehead atoms. The number of hydrogen-bond donors (Lipinski definition) is 0. The second kappa shape index (κ2) is 6.91. The standard InChI is InChI=1S/C17H17N3O5S/c1-4-25-16(22)13-9(2)18-17-19(15(21)10(3)26-17)14(13)11-6-5-7-12(8-11)20(23)24/h5-8,10,14H,4H2,1-3H3/t10-,14?/m1/s1. The highest BCUT2D eigenvalue weighted by Gasteiger charge is 2.46. The van der Waals surface area contributed by atoms with E-state index in [1.807, 2.05) is 0 Å². The van der Waals surface area contributed by atoms with E-state index < -0.39 is 16.9 Å². The Balaban J connectivity index is 2.17. The van der Waals surface area contributed by atoms with Gasteiger partial charge < -0.3 is 4.74 Å². The number of hydrogen-bond acceptors (Lipinski definition) is 7. The molecule has 2 aliphatic heterocycles. The molecule has 3 rings (SSSR count). The Kier molecular flexibility index (Phi) is 4.82. The van der Waals surface area contributed by atoms with Gasteiger partial charge >= 0.3 is 5.97 Å². The maximum absolute atomic E-state index is 12.7. The fourth-order valence-corrected chi connectivity index (χ4v) is 4.03. The molecule has 2 atom stereocenters. The lowest BCUT2D eigenvalue weighted by atomic mass is 9.94. The number of esters is 1. The first-order valence-corrected chi connectivity index (χ1v) is 8.93. The molecule has 2 heterocycles. The predicted octanol–water partition coefficient (Wildman–Crippen LogP) is 2.81. The number of aliphatic imine (C=N–C) groups is 1. The van der Waals surface area contributed by atoms with Crippen LogP contribution in [0.5, 0.6) is 0 Å². The molecule has 0 radical (unpaired) electrons. The molecule has 0 N–H and O–H groups in total. The van der Waals surface area contributed by atoms with Crippen LogP contribution in [0.25, 0.3) is 0 Å². The number of non-ortho nitro benzene ring substituents is 1. The summed E-state index contributed by atoms with van der Waals surface area (Å²) in [7, 11) is 0. The van der Waals surface area contributed by atoms with Crippen molar-refractivity contribution in [1.29, 1.82) is 0 Å². The van der Waals surface area contributed by atoms with Crippen molar-refractivity contribution in [2.75, 3.05) is 6.61 Å². The van der Waals surface area contributed by atoms with Gasteiger partial charge in [0.25, 0.3) is 5.69 Å². The zero-order chi connectivity index (χ0) is 19.0. The average Bonchev–Trinajstić information content (AvgIpc) is 2.87. The summed E-state index contributed by atoms with van der Waals surface area (Å²) in [4.78, 5) is 41.7. The van der Waals surface area contributed by atoms with Crippen molar-refractivity contribution < 1.29 is 19.2 Å². The van der Waals surface area contributed by atoms with Gasteiger partial charge in [-0.05, 0) is 26.3 Å². The lowest BCUT2D eigenvalue weighted by Crippen LogP contribution is -2.40. The molecule has 0 aliphatic carbocycles. The number of nitro groups is 1. The lowest BCUT2D eigenvalue weighted by molar-refractivity contribution is -0.384. The fraction of sp³-hybridized carbons (Fsp3) is 0.353. The monoisotopic (exact) mass is 375 g/mol. The molecule has 136 valence electrons. The van der Waals surface area contributed by atoms with Crippen LogP contribution in [0.15, 0.2) is 40.5 Å². The van der Waals surface area contributed by atoms with Crippen LogP contribution < -0.4 is 0 Å². The van der Waals surface area contributed by atoms with Crippen LogP contribution in [0, 0.1) is 10.1 Å². The number of thioether (sulfide) groups is 1. The van der Waals surface area contributed by atoms with Crippen molar-refractivity contribution in [3.05, 3.63) is 51.2 Å². The number of amidine groups is 1. The van der Waals surface area contributed by atoms with Crippen LogP contribution in [0.4, 0.5) is 5.69 Å². The van der Waals surface area contributed by atoms with Crippen molar-refractivity contribution in [1.82, 2.24) is 4.90 Å². The summed E-state index contributed by atoms with van der Waals surface area (Å²) < 4.78 is 5.15. The predicted molar refractivity (Wildman–Crippen MR) is 96.5 cm³/mol. The summed E-state index contributed by atoms with van der Waals surface area (Å²) >= 11 is 1.30. The molecule has 1 aromatic carbocycles. The molecule has 1 unspecified atom stereocenters. The number of carbonyl (C=O) groups is 2. The largest absolute Gasteiger partial charge is 0.463 e. The van der Waals surface area contributed by atoms with E-state index in [1.165, 1.54) is 34.9 Å². The summed E-state index contributed by atoms with van der Waals surface area (Å²) in [5.41, 5.74) is 1.02. The number of benzene rings is 1. The van der Waals surface area contributed by atoms with E-state index in [4.69, 9.17) is 4.74 Å². The molecule has 26 heavy (non-hydrogen) atoms. The summed E-state index contributed by atoms with van der Waals surface area (Å²) in [6, 6.07) is 5.14. The van der Waals surface area contributed by atoms with E-state index in [0.29, 0.717) is 16.4 Å². The first kappa shape index (κ1) is 18.1. The zero-order valence-electron chi connectivity index (χ0n) is 14.5. The van der Waals surface area contributed by atoms with Gasteiger partial charge in [0.15, 0.2) is 5.17 Å². The molecule has 2 aliphatic rings. The van der Waals surface area contributed by atoms with Crippen LogP contribution in [0.2, 0.25) is 0 Å². The molecule has 1 fully saturated rings. The van der Waals surface area contributed by atoms with Gasteiger partial charge in [0.05, 0.1) is 34.1 Å². The Morgan fingerprint density at radius 1 is 1.46 bits per heavy atom. The van der Waals surface area contributed by atoms with E-state index in [9.17, 15) is 19.7 Å². The molecular formula is C17H17N3O5S. The molecule has 8 nitrogen and oxygen atoms in total. The molecule has 0 spiro atoms. The van der Waals surface area contributed by atoms with Crippen molar-refractivity contribution in [3.8, 4) is 0 Å². The maximum Gasteiger partial charge on any atom is 0.338 e. The summed E-state index contributed by atoms with van der Waals surface area (Å²) in [5, 5.41) is 11.3. The SMILES string of the molecule is CCOC(=O)C1=C(C)N=C2S[C@H](C)C(=O)N2C1c1cccc([N+](=O)[O-])c1. The normalized spacial score (nSPS) is 22.2. The maximum atomic E-state index is 12.7. The molecule has 1 aromatic rings. The molecule has 1 amide bonds. The minimum atomic E-state index is -0.800. The first-order chi connectivity index (χ1) is 12.3. The van der Waals surface area contributed by atoms with Gasteiger partial charge in [-0.25, -0.2) is 9.79 Å². The van der Waals surface area contributed by atoms with Gasteiger partial charge in [-0.15, -0.1) is 0 Å². The van der Waals surface area contributed by atoms with Crippen LogP contribution >= 0.6 is 11.8 Å². The third kappa shape index (κ3) is 2.98. The highest BCUT2D eigenvalue weighted by molar-refractivity contribution is 8.15. The number of rotatable bonds is 4. The second-order valence-electron chi connectivity index (χ2n) is 5.84. The van der Waals surface area contributed by atoms with Gasteiger partial charge in [-0.1, -0.05) is 23.9 Å². The quantitative estimate of drug-likeness (QED) is 0.455. The van der Waals surface area contributed by atoms with Gasteiger partial charge in [0.1, 0.15) is 0 Å². The minimum absolute atomic E-state index is 0.111. The van der Waals surface area contributed by atoms with E-state index in [1.54, 1.807) is 26.8 Å². The van der Waals surface area contributed by atoms with E-state index in [2.05, 4.69) is 4.99 Å². The summed E-state index contributed by atoms with van der Waals surface area (Å²) in [6.45, 7) is 5.30. The third-order valence-corrected chi connectivity index (χ3v) is 5.20. The topological polar surface area (TPSA) is 102 Å². The summed E-state index contributed by atoms with van der Waals surface area (Å²) in [5.74, 6) is -0.777. The number of allylic oxidation sites excluding steroid dienone is 1. The van der Waals surface area contributed by atoms with Crippen LogP contribution in [-0.2, 0) is 14.3 Å². The second-order valence-corrected chi connectivity index (χ2v) is 7.14. The average molecular weight is 375 g/mol. The van der Waals surface area contributed by atoms with Crippen molar-refractivity contribution in [3.63, 3.8) is 0 Å². The Labute approximate surface area is 154 Å². The van der Waals surface area contributed by atoms with E-state index in [-0.39, 0.29) is 29.0 Å². The van der Waals surface area contributed by atoms with Crippen molar-refractivity contribution in [2.45, 2.75) is 32.1 Å². The lowest BCUT2D eigenvalue weighted by Gasteiger charge is -2.32. The number of fused-ring (bicyclic) bond motifs is 1. The molecular weight excluding hydrogens is 358 g/mol. The van der Waals surface area contributed by atoms with E-state index >= 15 is 0 Å². The minimum Gasteiger partial charge on any atom is -0.463 e. The van der Waals surface area contributed by atoms with Crippen molar-refractivity contribution >= 4 is 34.5 Å². The smallest absolute Gasteiger partial charge is 0.338 e. The van der Waals surface area contributed by atoms with E-state index in [0.717, 1.165) is 0 Å². The first-order valence-electron chi connectivity index (χ1n) is 8.05. The van der Waals surface area contributed by atoms with Gasteiger partial charge in [0.2, 0.25) is 5.91 Å². The molecule has 1 saturated heterocycles.